The standard InChI is InChI=1S/C16H21ClN2O2/c17-12-4-2-11(3-5-12)16(6-1-7-16)10-19-15(21)14-8-13(20)9-18-14/h2-5,13-14,18,20H,1,6-10H2,(H,19,21). The minimum absolute atomic E-state index is 0.00760. The van der Waals surface area contributed by atoms with E-state index in [0.29, 0.717) is 19.5 Å². The molecule has 114 valence electrons. The third-order valence-corrected chi connectivity index (χ3v) is 5.04. The van der Waals surface area contributed by atoms with Gasteiger partial charge < -0.3 is 15.7 Å². The summed E-state index contributed by atoms with van der Waals surface area (Å²) in [5, 5.41) is 16.3. The number of amides is 1. The van der Waals surface area contributed by atoms with Gasteiger partial charge >= 0.3 is 0 Å². The van der Waals surface area contributed by atoms with E-state index in [-0.39, 0.29) is 17.4 Å². The van der Waals surface area contributed by atoms with Crippen molar-refractivity contribution in [3.63, 3.8) is 0 Å². The van der Waals surface area contributed by atoms with Crippen molar-refractivity contribution >= 4 is 17.5 Å². The molecule has 3 rings (SSSR count). The Morgan fingerprint density at radius 2 is 2.10 bits per heavy atom. The van der Waals surface area contributed by atoms with E-state index in [1.165, 1.54) is 12.0 Å². The summed E-state index contributed by atoms with van der Waals surface area (Å²) in [6, 6.07) is 7.68. The third kappa shape index (κ3) is 3.07. The first-order chi connectivity index (χ1) is 10.1. The Balaban J connectivity index is 1.62. The van der Waals surface area contributed by atoms with Gasteiger partial charge in [0, 0.05) is 23.5 Å². The van der Waals surface area contributed by atoms with Crippen LogP contribution >= 0.6 is 11.6 Å². The molecule has 1 saturated carbocycles. The lowest BCUT2D eigenvalue weighted by Crippen LogP contribution is -2.49. The number of aliphatic hydroxyl groups excluding tert-OH is 1. The average molecular weight is 309 g/mol. The second-order valence-electron chi connectivity index (χ2n) is 6.21. The zero-order chi connectivity index (χ0) is 14.9. The zero-order valence-corrected chi connectivity index (χ0v) is 12.7. The molecular formula is C16H21ClN2O2. The van der Waals surface area contributed by atoms with E-state index in [0.717, 1.165) is 17.9 Å². The summed E-state index contributed by atoms with van der Waals surface area (Å²) in [6.07, 6.45) is 3.47. The van der Waals surface area contributed by atoms with E-state index < -0.39 is 6.10 Å². The molecule has 0 aromatic heterocycles. The van der Waals surface area contributed by atoms with Crippen LogP contribution in [0.5, 0.6) is 0 Å². The summed E-state index contributed by atoms with van der Waals surface area (Å²) in [7, 11) is 0. The summed E-state index contributed by atoms with van der Waals surface area (Å²) in [6.45, 7) is 1.15. The summed E-state index contributed by atoms with van der Waals surface area (Å²) < 4.78 is 0. The van der Waals surface area contributed by atoms with E-state index in [2.05, 4.69) is 22.8 Å². The van der Waals surface area contributed by atoms with E-state index >= 15 is 0 Å². The molecule has 2 fully saturated rings. The van der Waals surface area contributed by atoms with Gasteiger partial charge in [-0.2, -0.15) is 0 Å². The van der Waals surface area contributed by atoms with Crippen LogP contribution in [-0.4, -0.2) is 36.2 Å². The minimum atomic E-state index is -0.408. The van der Waals surface area contributed by atoms with E-state index in [4.69, 9.17) is 11.6 Å². The summed E-state index contributed by atoms with van der Waals surface area (Å²) in [4.78, 5) is 12.2. The summed E-state index contributed by atoms with van der Waals surface area (Å²) in [5.41, 5.74) is 1.30. The molecule has 0 spiro atoms. The Kier molecular flexibility index (Phi) is 4.20. The predicted molar refractivity (Wildman–Crippen MR) is 82.4 cm³/mol. The first-order valence-electron chi connectivity index (χ1n) is 7.54. The van der Waals surface area contributed by atoms with Crippen LogP contribution in [0.2, 0.25) is 5.02 Å². The largest absolute Gasteiger partial charge is 0.392 e. The molecule has 1 aromatic rings. The Morgan fingerprint density at radius 3 is 2.62 bits per heavy atom. The van der Waals surface area contributed by atoms with Crippen LogP contribution in [0.25, 0.3) is 0 Å². The Morgan fingerprint density at radius 1 is 1.38 bits per heavy atom. The van der Waals surface area contributed by atoms with E-state index in [1.807, 2.05) is 12.1 Å². The second-order valence-corrected chi connectivity index (χ2v) is 6.65. The van der Waals surface area contributed by atoms with E-state index in [1.54, 1.807) is 0 Å². The molecule has 2 unspecified atom stereocenters. The third-order valence-electron chi connectivity index (χ3n) is 4.79. The Bertz CT molecular complexity index is 514. The number of halogens is 1. The van der Waals surface area contributed by atoms with Crippen molar-refractivity contribution in [1.29, 1.82) is 0 Å². The molecule has 5 heteroatoms. The molecule has 1 aromatic carbocycles. The first kappa shape index (κ1) is 14.8. The molecule has 1 amide bonds. The average Bonchev–Trinajstić information content (AvgIpc) is 2.86. The number of β-amino-alcohol motifs (C(OH)–C–C–N with tert-alkyl or cyclic N) is 1. The van der Waals surface area contributed by atoms with Crippen molar-refractivity contribution < 1.29 is 9.90 Å². The smallest absolute Gasteiger partial charge is 0.237 e. The highest BCUT2D eigenvalue weighted by atomic mass is 35.5. The topological polar surface area (TPSA) is 61.4 Å². The fraction of sp³-hybridized carbons (Fsp3) is 0.562. The fourth-order valence-electron chi connectivity index (χ4n) is 3.27. The van der Waals surface area contributed by atoms with Gasteiger partial charge in [0.05, 0.1) is 12.1 Å². The van der Waals surface area contributed by atoms with Crippen LogP contribution in [0, 0.1) is 0 Å². The van der Waals surface area contributed by atoms with Crippen LogP contribution in [0.1, 0.15) is 31.2 Å². The number of hydrogen-bond acceptors (Lipinski definition) is 3. The van der Waals surface area contributed by atoms with Crippen molar-refractivity contribution in [1.82, 2.24) is 10.6 Å². The maximum atomic E-state index is 12.2. The number of hydrogen-bond donors (Lipinski definition) is 3. The Hall–Kier alpha value is -1.10. The SMILES string of the molecule is O=C(NCC1(c2ccc(Cl)cc2)CCC1)C1CC(O)CN1. The number of benzene rings is 1. The molecule has 1 aliphatic heterocycles. The van der Waals surface area contributed by atoms with Gasteiger partial charge in [0.1, 0.15) is 0 Å². The molecular weight excluding hydrogens is 288 g/mol. The number of rotatable bonds is 4. The van der Waals surface area contributed by atoms with Crippen LogP contribution < -0.4 is 10.6 Å². The van der Waals surface area contributed by atoms with Crippen LogP contribution in [0.4, 0.5) is 0 Å². The van der Waals surface area contributed by atoms with Crippen molar-refractivity contribution in [3.8, 4) is 0 Å². The number of nitrogens with one attached hydrogen (secondary N) is 2. The maximum Gasteiger partial charge on any atom is 0.237 e. The molecule has 3 N–H and O–H groups in total. The normalized spacial score (nSPS) is 27.1. The minimum Gasteiger partial charge on any atom is -0.392 e. The molecule has 0 bridgehead atoms. The molecule has 0 radical (unpaired) electrons. The lowest BCUT2D eigenvalue weighted by atomic mass is 9.64. The van der Waals surface area contributed by atoms with Crippen molar-refractivity contribution in [3.05, 3.63) is 34.9 Å². The van der Waals surface area contributed by atoms with Gasteiger partial charge in [0.2, 0.25) is 5.91 Å². The molecule has 1 saturated heterocycles. The molecule has 1 aliphatic carbocycles. The maximum absolute atomic E-state index is 12.2. The van der Waals surface area contributed by atoms with Gasteiger partial charge in [-0.25, -0.2) is 0 Å². The van der Waals surface area contributed by atoms with Gasteiger partial charge in [-0.05, 0) is 37.0 Å². The highest BCUT2D eigenvalue weighted by Gasteiger charge is 2.39. The first-order valence-corrected chi connectivity index (χ1v) is 7.92. The summed E-state index contributed by atoms with van der Waals surface area (Å²) in [5.74, 6) is -0.00760. The molecule has 1 heterocycles. The highest BCUT2D eigenvalue weighted by molar-refractivity contribution is 6.30. The number of carbonyl (C=O) groups excluding carboxylic acids is 1. The van der Waals surface area contributed by atoms with Crippen LogP contribution in [0.15, 0.2) is 24.3 Å². The number of carbonyl (C=O) groups is 1. The van der Waals surface area contributed by atoms with Crippen molar-refractivity contribution in [2.75, 3.05) is 13.1 Å². The quantitative estimate of drug-likeness (QED) is 0.792. The molecule has 2 atom stereocenters. The lowest BCUT2D eigenvalue weighted by Gasteiger charge is -2.42. The zero-order valence-electron chi connectivity index (χ0n) is 11.9. The summed E-state index contributed by atoms with van der Waals surface area (Å²) >= 11 is 5.95. The lowest BCUT2D eigenvalue weighted by molar-refractivity contribution is -0.123. The van der Waals surface area contributed by atoms with Crippen LogP contribution in [0.3, 0.4) is 0 Å². The second kappa shape index (κ2) is 5.95. The van der Waals surface area contributed by atoms with Gasteiger partial charge in [-0.3, -0.25) is 4.79 Å². The highest BCUT2D eigenvalue weighted by Crippen LogP contribution is 2.43. The Labute approximate surface area is 129 Å². The van der Waals surface area contributed by atoms with Crippen molar-refractivity contribution in [2.45, 2.75) is 43.2 Å². The molecule has 2 aliphatic rings. The molecule has 21 heavy (non-hydrogen) atoms. The van der Waals surface area contributed by atoms with Gasteiger partial charge in [0.15, 0.2) is 0 Å². The number of aliphatic hydroxyl groups is 1. The van der Waals surface area contributed by atoms with E-state index in [9.17, 15) is 9.90 Å². The van der Waals surface area contributed by atoms with Crippen molar-refractivity contribution in [2.24, 2.45) is 0 Å². The van der Waals surface area contributed by atoms with Crippen LogP contribution in [-0.2, 0) is 10.2 Å². The van der Waals surface area contributed by atoms with Gasteiger partial charge in [-0.15, -0.1) is 0 Å². The van der Waals surface area contributed by atoms with Gasteiger partial charge in [0.25, 0.3) is 0 Å². The fourth-order valence-corrected chi connectivity index (χ4v) is 3.40. The molecule has 4 nitrogen and oxygen atoms in total. The monoisotopic (exact) mass is 308 g/mol. The van der Waals surface area contributed by atoms with Gasteiger partial charge in [-0.1, -0.05) is 30.2 Å². The predicted octanol–water partition coefficient (Wildman–Crippen LogP) is 1.60.